The zero-order valence-corrected chi connectivity index (χ0v) is 10.9. The largest absolute Gasteiger partial charge is 0.491 e. The van der Waals surface area contributed by atoms with Crippen molar-refractivity contribution in [2.75, 3.05) is 19.8 Å². The molecule has 2 nitrogen and oxygen atoms in total. The van der Waals surface area contributed by atoms with Crippen LogP contribution in [0, 0.1) is 5.92 Å². The Morgan fingerprint density at radius 2 is 1.81 bits per heavy atom. The quantitative estimate of drug-likeness (QED) is 0.712. The molecule has 0 radical (unpaired) electrons. The van der Waals surface area contributed by atoms with Gasteiger partial charge in [0.05, 0.1) is 6.61 Å². The second-order valence-corrected chi connectivity index (χ2v) is 5.06. The zero-order valence-electron chi connectivity index (χ0n) is 9.32. The highest BCUT2D eigenvalue weighted by Gasteiger charge is 2.20. The molecule has 0 amide bonds. The van der Waals surface area contributed by atoms with Crippen molar-refractivity contribution in [2.45, 2.75) is 19.3 Å². The Hall–Kier alpha value is -0.540. The molecule has 1 saturated carbocycles. The molecular weight excluding hydrogens is 268 g/mol. The SMILES string of the molecule is Brc1ccc(OCCOCCC2CC2)cc1. The van der Waals surface area contributed by atoms with E-state index in [0.717, 1.165) is 22.7 Å². The summed E-state index contributed by atoms with van der Waals surface area (Å²) < 4.78 is 12.1. The van der Waals surface area contributed by atoms with Gasteiger partial charge < -0.3 is 9.47 Å². The van der Waals surface area contributed by atoms with Crippen molar-refractivity contribution in [1.82, 2.24) is 0 Å². The Bertz CT molecular complexity index is 306. The number of rotatable bonds is 7. The van der Waals surface area contributed by atoms with E-state index in [1.807, 2.05) is 24.3 Å². The maximum absolute atomic E-state index is 5.54. The molecule has 1 aliphatic carbocycles. The molecule has 3 heteroatoms. The van der Waals surface area contributed by atoms with Gasteiger partial charge in [0.1, 0.15) is 12.4 Å². The average molecular weight is 285 g/mol. The Kier molecular flexibility index (Phi) is 4.67. The topological polar surface area (TPSA) is 18.5 Å². The van der Waals surface area contributed by atoms with Crippen molar-refractivity contribution >= 4 is 15.9 Å². The molecule has 0 aliphatic heterocycles. The molecule has 0 unspecified atom stereocenters. The first-order chi connectivity index (χ1) is 7.84. The predicted molar refractivity (Wildman–Crippen MR) is 67.8 cm³/mol. The van der Waals surface area contributed by atoms with Crippen LogP contribution in [0.2, 0.25) is 0 Å². The fourth-order valence-corrected chi connectivity index (χ4v) is 1.77. The summed E-state index contributed by atoms with van der Waals surface area (Å²) in [6, 6.07) is 7.86. The van der Waals surface area contributed by atoms with Gasteiger partial charge in [-0.25, -0.2) is 0 Å². The van der Waals surface area contributed by atoms with E-state index in [4.69, 9.17) is 9.47 Å². The molecule has 0 spiro atoms. The first-order valence-corrected chi connectivity index (χ1v) is 6.60. The third-order valence-corrected chi connectivity index (χ3v) is 3.21. The highest BCUT2D eigenvalue weighted by molar-refractivity contribution is 9.10. The van der Waals surface area contributed by atoms with Gasteiger partial charge in [0.25, 0.3) is 0 Å². The van der Waals surface area contributed by atoms with Crippen molar-refractivity contribution in [1.29, 1.82) is 0 Å². The summed E-state index contributed by atoms with van der Waals surface area (Å²) in [5.41, 5.74) is 0. The molecule has 2 rings (SSSR count). The van der Waals surface area contributed by atoms with E-state index in [0.29, 0.717) is 13.2 Å². The van der Waals surface area contributed by atoms with E-state index in [1.54, 1.807) is 0 Å². The van der Waals surface area contributed by atoms with Crippen LogP contribution in [0.4, 0.5) is 0 Å². The number of hydrogen-bond donors (Lipinski definition) is 0. The highest BCUT2D eigenvalue weighted by Crippen LogP contribution is 2.32. The normalized spacial score (nSPS) is 15.1. The van der Waals surface area contributed by atoms with Crippen molar-refractivity contribution in [3.8, 4) is 5.75 Å². The van der Waals surface area contributed by atoms with E-state index in [-0.39, 0.29) is 0 Å². The fraction of sp³-hybridized carbons (Fsp3) is 0.538. The molecule has 0 saturated heterocycles. The standard InChI is InChI=1S/C13H17BrO2/c14-12-3-5-13(6-4-12)16-10-9-15-8-7-11-1-2-11/h3-6,11H,1-2,7-10H2. The molecule has 1 aromatic carbocycles. The lowest BCUT2D eigenvalue weighted by atomic mass is 10.3. The smallest absolute Gasteiger partial charge is 0.119 e. The molecular formula is C13H17BrO2. The van der Waals surface area contributed by atoms with Crippen LogP contribution in [0.15, 0.2) is 28.7 Å². The second kappa shape index (κ2) is 6.26. The van der Waals surface area contributed by atoms with Gasteiger partial charge in [-0.05, 0) is 36.6 Å². The summed E-state index contributed by atoms with van der Waals surface area (Å²) in [6.45, 7) is 2.20. The minimum atomic E-state index is 0.631. The maximum Gasteiger partial charge on any atom is 0.119 e. The van der Waals surface area contributed by atoms with Gasteiger partial charge in [-0.3, -0.25) is 0 Å². The molecule has 1 aromatic rings. The number of benzene rings is 1. The van der Waals surface area contributed by atoms with Crippen molar-refractivity contribution in [3.63, 3.8) is 0 Å². The van der Waals surface area contributed by atoms with Crippen LogP contribution in [-0.4, -0.2) is 19.8 Å². The van der Waals surface area contributed by atoms with Gasteiger partial charge in [0, 0.05) is 11.1 Å². The first kappa shape index (κ1) is 11.9. The Morgan fingerprint density at radius 3 is 2.50 bits per heavy atom. The summed E-state index contributed by atoms with van der Waals surface area (Å²) in [7, 11) is 0. The number of halogens is 1. The average Bonchev–Trinajstić information content (AvgIpc) is 3.10. The van der Waals surface area contributed by atoms with E-state index in [9.17, 15) is 0 Å². The fourth-order valence-electron chi connectivity index (χ4n) is 1.51. The summed E-state index contributed by atoms with van der Waals surface area (Å²) in [6.07, 6.45) is 4.02. The summed E-state index contributed by atoms with van der Waals surface area (Å²) in [4.78, 5) is 0. The minimum absolute atomic E-state index is 0.631. The lowest BCUT2D eigenvalue weighted by Gasteiger charge is -2.06. The summed E-state index contributed by atoms with van der Waals surface area (Å²) in [5.74, 6) is 1.85. The van der Waals surface area contributed by atoms with Gasteiger partial charge in [0.2, 0.25) is 0 Å². The van der Waals surface area contributed by atoms with Crippen molar-refractivity contribution in [2.24, 2.45) is 5.92 Å². The molecule has 0 aromatic heterocycles. The molecule has 0 N–H and O–H groups in total. The van der Waals surface area contributed by atoms with Gasteiger partial charge in [-0.1, -0.05) is 28.8 Å². The lowest BCUT2D eigenvalue weighted by Crippen LogP contribution is -2.07. The van der Waals surface area contributed by atoms with Crippen molar-refractivity contribution in [3.05, 3.63) is 28.7 Å². The van der Waals surface area contributed by atoms with Crippen LogP contribution in [0.5, 0.6) is 5.75 Å². The number of hydrogen-bond acceptors (Lipinski definition) is 2. The molecule has 0 heterocycles. The first-order valence-electron chi connectivity index (χ1n) is 5.81. The van der Waals surface area contributed by atoms with Crippen LogP contribution >= 0.6 is 15.9 Å². The van der Waals surface area contributed by atoms with Crippen LogP contribution in [0.3, 0.4) is 0 Å². The highest BCUT2D eigenvalue weighted by atomic mass is 79.9. The summed E-state index contributed by atoms with van der Waals surface area (Å²) in [5, 5.41) is 0. The molecule has 1 aliphatic rings. The lowest BCUT2D eigenvalue weighted by molar-refractivity contribution is 0.0958. The Morgan fingerprint density at radius 1 is 1.06 bits per heavy atom. The third kappa shape index (κ3) is 4.54. The Balaban J connectivity index is 1.51. The number of ether oxygens (including phenoxy) is 2. The molecule has 1 fully saturated rings. The molecule has 0 bridgehead atoms. The van der Waals surface area contributed by atoms with Gasteiger partial charge in [-0.15, -0.1) is 0 Å². The summed E-state index contributed by atoms with van der Waals surface area (Å²) >= 11 is 3.39. The maximum atomic E-state index is 5.54. The van der Waals surface area contributed by atoms with Gasteiger partial charge >= 0.3 is 0 Å². The molecule has 0 atom stereocenters. The zero-order chi connectivity index (χ0) is 11.2. The molecule has 88 valence electrons. The van der Waals surface area contributed by atoms with Gasteiger partial charge in [-0.2, -0.15) is 0 Å². The van der Waals surface area contributed by atoms with Gasteiger partial charge in [0.15, 0.2) is 0 Å². The molecule has 16 heavy (non-hydrogen) atoms. The van der Waals surface area contributed by atoms with E-state index >= 15 is 0 Å². The monoisotopic (exact) mass is 284 g/mol. The predicted octanol–water partition coefficient (Wildman–Crippen LogP) is 3.64. The van der Waals surface area contributed by atoms with E-state index in [2.05, 4.69) is 15.9 Å². The van der Waals surface area contributed by atoms with Crippen LogP contribution in [-0.2, 0) is 4.74 Å². The van der Waals surface area contributed by atoms with E-state index < -0.39 is 0 Å². The van der Waals surface area contributed by atoms with Crippen molar-refractivity contribution < 1.29 is 9.47 Å². The van der Waals surface area contributed by atoms with Crippen LogP contribution < -0.4 is 4.74 Å². The second-order valence-electron chi connectivity index (χ2n) is 4.15. The third-order valence-electron chi connectivity index (χ3n) is 2.68. The Labute approximate surface area is 105 Å². The van der Waals surface area contributed by atoms with E-state index in [1.165, 1.54) is 19.3 Å². The van der Waals surface area contributed by atoms with Crippen LogP contribution in [0.1, 0.15) is 19.3 Å². The minimum Gasteiger partial charge on any atom is -0.491 e. The van der Waals surface area contributed by atoms with Crippen LogP contribution in [0.25, 0.3) is 0 Å².